The van der Waals surface area contributed by atoms with Gasteiger partial charge in [-0.3, -0.25) is 0 Å². The summed E-state index contributed by atoms with van der Waals surface area (Å²) in [6, 6.07) is 10.5. The summed E-state index contributed by atoms with van der Waals surface area (Å²) in [5.41, 5.74) is 3.64. The molecule has 0 saturated heterocycles. The fourth-order valence-electron chi connectivity index (χ4n) is 2.40. The molecule has 0 bridgehead atoms. The molecule has 0 fully saturated rings. The Kier molecular flexibility index (Phi) is 2.91. The van der Waals surface area contributed by atoms with Crippen molar-refractivity contribution in [2.45, 2.75) is 26.2 Å². The molecule has 0 spiro atoms. The Hall–Kier alpha value is -0.990. The van der Waals surface area contributed by atoms with E-state index in [9.17, 15) is 0 Å². The number of hydrogen-bond acceptors (Lipinski definition) is 0. The summed E-state index contributed by atoms with van der Waals surface area (Å²) in [4.78, 5) is 3.43. The molecule has 3 rings (SSSR count). The average molecular weight is 337 g/mol. The monoisotopic (exact) mass is 335 g/mol. The van der Waals surface area contributed by atoms with Gasteiger partial charge >= 0.3 is 0 Å². The van der Waals surface area contributed by atoms with Gasteiger partial charge in [0.05, 0.1) is 10.5 Å². The van der Waals surface area contributed by atoms with Crippen LogP contribution in [-0.4, -0.2) is 4.98 Å². The summed E-state index contributed by atoms with van der Waals surface area (Å²) < 4.78 is 1.04. The molecule has 3 heteroatoms. The van der Waals surface area contributed by atoms with Crippen LogP contribution in [0, 0.1) is 0 Å². The zero-order valence-corrected chi connectivity index (χ0v) is 13.5. The van der Waals surface area contributed by atoms with Crippen LogP contribution in [0.3, 0.4) is 0 Å². The molecule has 0 aliphatic heterocycles. The molecule has 0 amide bonds. The van der Waals surface area contributed by atoms with Gasteiger partial charge in [0, 0.05) is 20.8 Å². The first-order chi connectivity index (χ1) is 8.88. The number of hydrogen-bond donors (Lipinski definition) is 1. The molecule has 1 N–H and O–H groups in total. The summed E-state index contributed by atoms with van der Waals surface area (Å²) in [5.74, 6) is 0. The molecule has 1 aromatic heterocycles. The molecule has 98 valence electrons. The predicted octanol–water partition coefficient (Wildman–Crippen LogP) is 6.03. The van der Waals surface area contributed by atoms with E-state index in [1.807, 2.05) is 12.1 Å². The third kappa shape index (κ3) is 2.07. The lowest BCUT2D eigenvalue weighted by molar-refractivity contribution is 0.591. The van der Waals surface area contributed by atoms with Crippen molar-refractivity contribution < 1.29 is 0 Å². The zero-order chi connectivity index (χ0) is 13.8. The molecular formula is C16H15BrClN. The fourth-order valence-corrected chi connectivity index (χ4v) is 3.09. The molecular weight excluding hydrogens is 322 g/mol. The Morgan fingerprint density at radius 2 is 1.84 bits per heavy atom. The van der Waals surface area contributed by atoms with E-state index in [1.165, 1.54) is 10.9 Å². The molecule has 0 aliphatic carbocycles. The molecule has 0 atom stereocenters. The quantitative estimate of drug-likeness (QED) is 0.515. The lowest BCUT2D eigenvalue weighted by Crippen LogP contribution is -2.10. The van der Waals surface area contributed by atoms with Gasteiger partial charge in [-0.05, 0) is 51.2 Å². The summed E-state index contributed by atoms with van der Waals surface area (Å²) in [7, 11) is 0. The number of H-pyrrole nitrogens is 1. The van der Waals surface area contributed by atoms with Crippen molar-refractivity contribution in [3.63, 3.8) is 0 Å². The number of nitrogens with one attached hydrogen (secondary N) is 1. The molecule has 2 aromatic carbocycles. The Labute approximate surface area is 126 Å². The van der Waals surface area contributed by atoms with Gasteiger partial charge in [-0.2, -0.15) is 0 Å². The SMILES string of the molecule is CC(C)(C)c1ccc2[nH]c3c(Br)ccc(Cl)c3c2c1. The highest BCUT2D eigenvalue weighted by Crippen LogP contribution is 2.37. The number of halogens is 2. The average Bonchev–Trinajstić information content (AvgIpc) is 2.72. The Bertz CT molecular complexity index is 781. The number of rotatable bonds is 0. The number of aromatic nitrogens is 1. The molecule has 0 aliphatic rings. The van der Waals surface area contributed by atoms with Crippen LogP contribution in [-0.2, 0) is 5.41 Å². The van der Waals surface area contributed by atoms with Crippen molar-refractivity contribution in [3.05, 3.63) is 45.4 Å². The Morgan fingerprint density at radius 1 is 1.11 bits per heavy atom. The molecule has 3 aromatic rings. The zero-order valence-electron chi connectivity index (χ0n) is 11.1. The maximum atomic E-state index is 6.38. The van der Waals surface area contributed by atoms with Gasteiger partial charge in [-0.1, -0.05) is 38.4 Å². The van der Waals surface area contributed by atoms with Crippen molar-refractivity contribution >= 4 is 49.3 Å². The fraction of sp³-hybridized carbons (Fsp3) is 0.250. The van der Waals surface area contributed by atoms with Crippen LogP contribution in [0.15, 0.2) is 34.8 Å². The molecule has 1 heterocycles. The second-order valence-corrected chi connectivity index (χ2v) is 7.18. The highest BCUT2D eigenvalue weighted by Gasteiger charge is 2.16. The van der Waals surface area contributed by atoms with E-state index in [-0.39, 0.29) is 5.41 Å². The van der Waals surface area contributed by atoms with Gasteiger partial charge in [0.15, 0.2) is 0 Å². The molecule has 1 nitrogen and oxygen atoms in total. The highest BCUT2D eigenvalue weighted by molar-refractivity contribution is 9.10. The van der Waals surface area contributed by atoms with E-state index in [1.54, 1.807) is 0 Å². The summed E-state index contributed by atoms with van der Waals surface area (Å²) in [6.07, 6.45) is 0. The largest absolute Gasteiger partial charge is 0.354 e. The maximum absolute atomic E-state index is 6.38. The number of fused-ring (bicyclic) bond motifs is 3. The second-order valence-electron chi connectivity index (χ2n) is 5.91. The molecule has 19 heavy (non-hydrogen) atoms. The van der Waals surface area contributed by atoms with Crippen LogP contribution in [0.4, 0.5) is 0 Å². The predicted molar refractivity (Wildman–Crippen MR) is 87.2 cm³/mol. The van der Waals surface area contributed by atoms with Gasteiger partial charge in [-0.25, -0.2) is 0 Å². The van der Waals surface area contributed by atoms with Crippen LogP contribution in [0.2, 0.25) is 5.02 Å². The first-order valence-electron chi connectivity index (χ1n) is 6.28. The normalized spacial score (nSPS) is 12.5. The summed E-state index contributed by atoms with van der Waals surface area (Å²) >= 11 is 9.95. The summed E-state index contributed by atoms with van der Waals surface area (Å²) in [6.45, 7) is 6.67. The van der Waals surface area contributed by atoms with E-state index in [2.05, 4.69) is 59.9 Å². The maximum Gasteiger partial charge on any atom is 0.0624 e. The van der Waals surface area contributed by atoms with Crippen LogP contribution < -0.4 is 0 Å². The van der Waals surface area contributed by atoms with Crippen molar-refractivity contribution in [1.82, 2.24) is 4.98 Å². The van der Waals surface area contributed by atoms with Crippen LogP contribution in [0.1, 0.15) is 26.3 Å². The minimum absolute atomic E-state index is 0.135. The first kappa shape index (κ1) is 13.0. The van der Waals surface area contributed by atoms with Crippen LogP contribution >= 0.6 is 27.5 Å². The lowest BCUT2D eigenvalue weighted by atomic mass is 9.86. The topological polar surface area (TPSA) is 15.8 Å². The van der Waals surface area contributed by atoms with Gasteiger partial charge in [-0.15, -0.1) is 0 Å². The molecule has 0 saturated carbocycles. The summed E-state index contributed by atoms with van der Waals surface area (Å²) in [5, 5.41) is 3.07. The van der Waals surface area contributed by atoms with Gasteiger partial charge in [0.25, 0.3) is 0 Å². The third-order valence-electron chi connectivity index (χ3n) is 3.52. The first-order valence-corrected chi connectivity index (χ1v) is 7.45. The van der Waals surface area contributed by atoms with Gasteiger partial charge < -0.3 is 4.98 Å². The standard InChI is InChI=1S/C16H15BrClN/c1-16(2,3)9-4-7-13-10(8-9)14-12(18)6-5-11(17)15(14)19-13/h4-8,19H,1-3H3. The Balaban J connectivity index is 2.45. The Morgan fingerprint density at radius 3 is 2.53 bits per heavy atom. The second kappa shape index (κ2) is 4.26. The lowest BCUT2D eigenvalue weighted by Gasteiger charge is -2.18. The highest BCUT2D eigenvalue weighted by atomic mass is 79.9. The van der Waals surface area contributed by atoms with Crippen molar-refractivity contribution in [3.8, 4) is 0 Å². The van der Waals surface area contributed by atoms with Crippen LogP contribution in [0.25, 0.3) is 21.8 Å². The van der Waals surface area contributed by atoms with Gasteiger partial charge in [0.2, 0.25) is 0 Å². The van der Waals surface area contributed by atoms with Crippen molar-refractivity contribution in [2.75, 3.05) is 0 Å². The minimum Gasteiger partial charge on any atom is -0.354 e. The van der Waals surface area contributed by atoms with E-state index in [0.717, 1.165) is 25.9 Å². The van der Waals surface area contributed by atoms with E-state index >= 15 is 0 Å². The smallest absolute Gasteiger partial charge is 0.0624 e. The van der Waals surface area contributed by atoms with Crippen LogP contribution in [0.5, 0.6) is 0 Å². The third-order valence-corrected chi connectivity index (χ3v) is 4.49. The molecule has 0 unspecified atom stereocenters. The van der Waals surface area contributed by atoms with E-state index in [4.69, 9.17) is 11.6 Å². The van der Waals surface area contributed by atoms with Gasteiger partial charge in [0.1, 0.15) is 0 Å². The molecule has 0 radical (unpaired) electrons. The minimum atomic E-state index is 0.135. The van der Waals surface area contributed by atoms with Crippen molar-refractivity contribution in [2.24, 2.45) is 0 Å². The van der Waals surface area contributed by atoms with E-state index < -0.39 is 0 Å². The van der Waals surface area contributed by atoms with Crippen molar-refractivity contribution in [1.29, 1.82) is 0 Å². The number of aromatic amines is 1. The van der Waals surface area contributed by atoms with E-state index in [0.29, 0.717) is 0 Å². The number of benzene rings is 2.